The van der Waals surface area contributed by atoms with E-state index in [1.807, 2.05) is 0 Å². The SMILES string of the molecule is Cc1cccc(N2CCC(C)N(C)C(CCO)C2)c1. The second-order valence-electron chi connectivity index (χ2n) is 5.75. The maximum absolute atomic E-state index is 9.27. The van der Waals surface area contributed by atoms with Crippen LogP contribution in [0.2, 0.25) is 0 Å². The first kappa shape index (κ1) is 14.4. The van der Waals surface area contributed by atoms with Gasteiger partial charge in [-0.3, -0.25) is 4.90 Å². The molecule has 1 fully saturated rings. The van der Waals surface area contributed by atoms with Gasteiger partial charge in [0.1, 0.15) is 0 Å². The minimum atomic E-state index is 0.267. The number of rotatable bonds is 3. The van der Waals surface area contributed by atoms with Crippen molar-refractivity contribution in [3.63, 3.8) is 0 Å². The molecule has 0 saturated carbocycles. The first-order chi connectivity index (χ1) is 9.11. The van der Waals surface area contributed by atoms with Gasteiger partial charge in [0.15, 0.2) is 0 Å². The Labute approximate surface area is 116 Å². The number of hydrogen-bond acceptors (Lipinski definition) is 3. The van der Waals surface area contributed by atoms with Crippen LogP contribution in [0.5, 0.6) is 0 Å². The Morgan fingerprint density at radius 1 is 1.37 bits per heavy atom. The van der Waals surface area contributed by atoms with Crippen molar-refractivity contribution in [1.82, 2.24) is 4.90 Å². The molecule has 0 amide bonds. The van der Waals surface area contributed by atoms with Crippen LogP contribution in [0.1, 0.15) is 25.3 Å². The molecule has 0 aliphatic carbocycles. The second kappa shape index (κ2) is 6.40. The summed E-state index contributed by atoms with van der Waals surface area (Å²) in [6.45, 7) is 6.79. The first-order valence-corrected chi connectivity index (χ1v) is 7.26. The van der Waals surface area contributed by atoms with E-state index in [-0.39, 0.29) is 6.61 Å². The molecule has 0 spiro atoms. The number of anilines is 1. The molecule has 1 aromatic rings. The number of nitrogens with zero attached hydrogens (tertiary/aromatic N) is 2. The van der Waals surface area contributed by atoms with E-state index < -0.39 is 0 Å². The number of aliphatic hydroxyl groups is 1. The Balaban J connectivity index is 2.17. The lowest BCUT2D eigenvalue weighted by Gasteiger charge is -2.32. The normalized spacial score (nSPS) is 25.4. The molecule has 19 heavy (non-hydrogen) atoms. The molecule has 1 aliphatic heterocycles. The van der Waals surface area contributed by atoms with Crippen molar-refractivity contribution in [2.24, 2.45) is 0 Å². The zero-order chi connectivity index (χ0) is 13.8. The molecule has 0 aromatic heterocycles. The minimum Gasteiger partial charge on any atom is -0.396 e. The third-order valence-corrected chi connectivity index (χ3v) is 4.35. The van der Waals surface area contributed by atoms with Crippen molar-refractivity contribution in [2.45, 2.75) is 38.8 Å². The van der Waals surface area contributed by atoms with Gasteiger partial charge in [-0.1, -0.05) is 12.1 Å². The zero-order valence-corrected chi connectivity index (χ0v) is 12.3. The summed E-state index contributed by atoms with van der Waals surface area (Å²) < 4.78 is 0. The summed E-state index contributed by atoms with van der Waals surface area (Å²) in [5.41, 5.74) is 2.62. The molecule has 1 aliphatic rings. The molecular formula is C16H26N2O. The third-order valence-electron chi connectivity index (χ3n) is 4.35. The van der Waals surface area contributed by atoms with Crippen molar-refractivity contribution < 1.29 is 5.11 Å². The zero-order valence-electron chi connectivity index (χ0n) is 12.3. The summed E-state index contributed by atoms with van der Waals surface area (Å²) in [7, 11) is 2.19. The number of benzene rings is 1. The molecule has 1 aromatic carbocycles. The van der Waals surface area contributed by atoms with Crippen molar-refractivity contribution in [3.05, 3.63) is 29.8 Å². The maximum Gasteiger partial charge on any atom is 0.0446 e. The highest BCUT2D eigenvalue weighted by Gasteiger charge is 2.26. The Bertz CT molecular complexity index is 407. The number of aryl methyl sites for hydroxylation is 1. The minimum absolute atomic E-state index is 0.267. The standard InChI is InChI=1S/C16H26N2O/c1-13-5-4-6-15(11-13)18-9-7-14(2)17(3)16(12-18)8-10-19/h4-6,11,14,16,19H,7-10,12H2,1-3H3. The third kappa shape index (κ3) is 3.48. The predicted molar refractivity (Wildman–Crippen MR) is 80.7 cm³/mol. The lowest BCUT2D eigenvalue weighted by Crippen LogP contribution is -2.42. The van der Waals surface area contributed by atoms with Crippen LogP contribution in [0.4, 0.5) is 5.69 Å². The smallest absolute Gasteiger partial charge is 0.0446 e. The predicted octanol–water partition coefficient (Wildman–Crippen LogP) is 2.28. The van der Waals surface area contributed by atoms with E-state index in [1.165, 1.54) is 17.7 Å². The summed E-state index contributed by atoms with van der Waals surface area (Å²) in [5.74, 6) is 0. The Morgan fingerprint density at radius 3 is 2.84 bits per heavy atom. The van der Waals surface area contributed by atoms with Gasteiger partial charge in [0.05, 0.1) is 0 Å². The number of hydrogen-bond donors (Lipinski definition) is 1. The fourth-order valence-corrected chi connectivity index (χ4v) is 2.88. The van der Waals surface area contributed by atoms with Gasteiger partial charge in [0.25, 0.3) is 0 Å². The van der Waals surface area contributed by atoms with Gasteiger partial charge in [-0.2, -0.15) is 0 Å². The lowest BCUT2D eigenvalue weighted by molar-refractivity contribution is 0.159. The average Bonchev–Trinajstić information content (AvgIpc) is 2.53. The highest BCUT2D eigenvalue weighted by molar-refractivity contribution is 5.48. The largest absolute Gasteiger partial charge is 0.396 e. The Hall–Kier alpha value is -1.06. The average molecular weight is 262 g/mol. The topological polar surface area (TPSA) is 26.7 Å². The molecule has 1 saturated heterocycles. The highest BCUT2D eigenvalue weighted by atomic mass is 16.3. The van der Waals surface area contributed by atoms with Crippen LogP contribution in [-0.2, 0) is 0 Å². The number of aliphatic hydroxyl groups excluding tert-OH is 1. The first-order valence-electron chi connectivity index (χ1n) is 7.26. The van der Waals surface area contributed by atoms with Crippen LogP contribution in [0.15, 0.2) is 24.3 Å². The Morgan fingerprint density at radius 2 is 2.16 bits per heavy atom. The maximum atomic E-state index is 9.27. The summed E-state index contributed by atoms with van der Waals surface area (Å²) >= 11 is 0. The van der Waals surface area contributed by atoms with Gasteiger partial charge in [0, 0.05) is 37.5 Å². The van der Waals surface area contributed by atoms with Crippen LogP contribution in [0.3, 0.4) is 0 Å². The quantitative estimate of drug-likeness (QED) is 0.905. The van der Waals surface area contributed by atoms with Crippen LogP contribution in [-0.4, -0.2) is 48.8 Å². The van der Waals surface area contributed by atoms with E-state index in [0.717, 1.165) is 19.5 Å². The van der Waals surface area contributed by atoms with Gasteiger partial charge in [-0.05, 0) is 51.4 Å². The molecule has 3 nitrogen and oxygen atoms in total. The van der Waals surface area contributed by atoms with Crippen molar-refractivity contribution in [2.75, 3.05) is 31.6 Å². The van der Waals surface area contributed by atoms with Crippen LogP contribution in [0.25, 0.3) is 0 Å². The van der Waals surface area contributed by atoms with Gasteiger partial charge in [0.2, 0.25) is 0 Å². The summed E-state index contributed by atoms with van der Waals surface area (Å²) in [5, 5.41) is 9.27. The summed E-state index contributed by atoms with van der Waals surface area (Å²) in [4.78, 5) is 4.89. The molecule has 0 radical (unpaired) electrons. The van der Waals surface area contributed by atoms with E-state index in [1.54, 1.807) is 0 Å². The van der Waals surface area contributed by atoms with Crippen molar-refractivity contribution >= 4 is 5.69 Å². The fourth-order valence-electron chi connectivity index (χ4n) is 2.88. The molecule has 1 heterocycles. The van der Waals surface area contributed by atoms with Crippen LogP contribution < -0.4 is 4.90 Å². The van der Waals surface area contributed by atoms with Crippen LogP contribution >= 0.6 is 0 Å². The van der Waals surface area contributed by atoms with Gasteiger partial charge in [-0.25, -0.2) is 0 Å². The van der Waals surface area contributed by atoms with E-state index >= 15 is 0 Å². The molecule has 106 valence electrons. The second-order valence-corrected chi connectivity index (χ2v) is 5.75. The van der Waals surface area contributed by atoms with E-state index in [4.69, 9.17) is 0 Å². The molecule has 2 atom stereocenters. The number of likely N-dealkylation sites (N-methyl/N-ethyl adjacent to an activating group) is 1. The molecule has 1 N–H and O–H groups in total. The molecule has 2 rings (SSSR count). The molecule has 0 bridgehead atoms. The summed E-state index contributed by atoms with van der Waals surface area (Å²) in [6, 6.07) is 9.73. The van der Waals surface area contributed by atoms with Gasteiger partial charge < -0.3 is 10.0 Å². The summed E-state index contributed by atoms with van der Waals surface area (Å²) in [6.07, 6.45) is 2.02. The van der Waals surface area contributed by atoms with Gasteiger partial charge >= 0.3 is 0 Å². The van der Waals surface area contributed by atoms with Crippen molar-refractivity contribution in [3.8, 4) is 0 Å². The Kier molecular flexibility index (Phi) is 4.83. The van der Waals surface area contributed by atoms with E-state index in [9.17, 15) is 5.11 Å². The molecule has 3 heteroatoms. The lowest BCUT2D eigenvalue weighted by atomic mass is 10.1. The fraction of sp³-hybridized carbons (Fsp3) is 0.625. The van der Waals surface area contributed by atoms with Gasteiger partial charge in [-0.15, -0.1) is 0 Å². The van der Waals surface area contributed by atoms with E-state index in [2.05, 4.69) is 55.0 Å². The monoisotopic (exact) mass is 262 g/mol. The molecule has 2 unspecified atom stereocenters. The highest BCUT2D eigenvalue weighted by Crippen LogP contribution is 2.23. The van der Waals surface area contributed by atoms with Crippen molar-refractivity contribution in [1.29, 1.82) is 0 Å². The van der Waals surface area contributed by atoms with E-state index in [0.29, 0.717) is 12.1 Å². The van der Waals surface area contributed by atoms with Crippen LogP contribution in [0, 0.1) is 6.92 Å². The molecular weight excluding hydrogens is 236 g/mol.